The smallest absolute Gasteiger partial charge is 0.163 e. The van der Waals surface area contributed by atoms with Gasteiger partial charge in [0.2, 0.25) is 0 Å². The highest BCUT2D eigenvalue weighted by atomic mass is 16.6. The van der Waals surface area contributed by atoms with E-state index in [0.717, 1.165) is 49.4 Å². The number of nitrogens with zero attached hydrogens (tertiary/aromatic N) is 4. The van der Waals surface area contributed by atoms with Crippen molar-refractivity contribution in [3.63, 3.8) is 0 Å². The van der Waals surface area contributed by atoms with Gasteiger partial charge < -0.3 is 23.8 Å². The van der Waals surface area contributed by atoms with Crippen LogP contribution in [0.15, 0.2) is 48.8 Å². The Hall–Kier alpha value is -2.94. The molecule has 0 aliphatic carbocycles. The van der Waals surface area contributed by atoms with E-state index in [2.05, 4.69) is 50.1 Å². The molecule has 0 saturated carbocycles. The van der Waals surface area contributed by atoms with Crippen LogP contribution in [0.5, 0.6) is 11.5 Å². The topological polar surface area (TPSA) is 69.2 Å². The van der Waals surface area contributed by atoms with E-state index in [4.69, 9.17) is 18.9 Å². The maximum atomic E-state index is 6.02. The fourth-order valence-electron chi connectivity index (χ4n) is 4.23. The molecule has 1 fully saturated rings. The molecule has 2 aliphatic heterocycles. The lowest BCUT2D eigenvalue weighted by molar-refractivity contribution is 0.0224. The van der Waals surface area contributed by atoms with Crippen molar-refractivity contribution in [2.45, 2.75) is 6.54 Å². The van der Waals surface area contributed by atoms with Crippen LogP contribution in [0, 0.1) is 0 Å². The zero-order valence-corrected chi connectivity index (χ0v) is 18.8. The molecule has 0 atom stereocenters. The van der Waals surface area contributed by atoms with Gasteiger partial charge in [-0.15, -0.1) is 0 Å². The minimum atomic E-state index is 0.447. The molecule has 174 valence electrons. The fourth-order valence-corrected chi connectivity index (χ4v) is 4.23. The Morgan fingerprint density at radius 3 is 2.12 bits per heavy atom. The lowest BCUT2D eigenvalue weighted by atomic mass is 10.1. The molecule has 2 aromatic carbocycles. The average Bonchev–Trinajstić information content (AvgIpc) is 2.85. The zero-order chi connectivity index (χ0) is 22.3. The Morgan fingerprint density at radius 2 is 1.39 bits per heavy atom. The Labute approximate surface area is 194 Å². The molecule has 33 heavy (non-hydrogen) atoms. The molecule has 0 radical (unpaired) electrons. The standard InChI is InChI=1S/C25H30N4O4/c1-2-4-20(5-3-1)18-28-6-8-29(9-7-28)25-21-16-23-24(17-22(21)26-19-27-25)33-15-13-31-11-10-30-12-14-32-23/h1-5,16-17,19H,6-15,18H2. The van der Waals surface area contributed by atoms with Crippen LogP contribution in [0.4, 0.5) is 5.82 Å². The van der Waals surface area contributed by atoms with Crippen molar-refractivity contribution in [2.75, 3.05) is 70.7 Å². The number of fused-ring (bicyclic) bond motifs is 2. The molecule has 0 unspecified atom stereocenters. The maximum absolute atomic E-state index is 6.02. The van der Waals surface area contributed by atoms with E-state index in [1.807, 2.05) is 12.1 Å². The van der Waals surface area contributed by atoms with Gasteiger partial charge in [0.15, 0.2) is 11.5 Å². The van der Waals surface area contributed by atoms with Gasteiger partial charge in [0.25, 0.3) is 0 Å². The molecule has 3 aromatic rings. The molecular weight excluding hydrogens is 420 g/mol. The summed E-state index contributed by atoms with van der Waals surface area (Å²) in [4.78, 5) is 14.0. The number of anilines is 1. The Bertz CT molecular complexity index is 1040. The van der Waals surface area contributed by atoms with Crippen molar-refractivity contribution in [1.29, 1.82) is 0 Å². The summed E-state index contributed by atoms with van der Waals surface area (Å²) < 4.78 is 23.1. The highest BCUT2D eigenvalue weighted by molar-refractivity contribution is 5.92. The summed E-state index contributed by atoms with van der Waals surface area (Å²) in [5, 5.41) is 0.973. The first-order valence-corrected chi connectivity index (χ1v) is 11.6. The van der Waals surface area contributed by atoms with Crippen LogP contribution in [0.2, 0.25) is 0 Å². The van der Waals surface area contributed by atoms with Gasteiger partial charge in [-0.1, -0.05) is 30.3 Å². The first-order chi connectivity index (χ1) is 16.4. The maximum Gasteiger partial charge on any atom is 0.163 e. The van der Waals surface area contributed by atoms with E-state index in [1.54, 1.807) is 6.33 Å². The SMILES string of the molecule is c1ccc(CN2CCN(c3ncnc4cc5c(cc34)OCCOCCOCCO5)CC2)cc1. The van der Waals surface area contributed by atoms with Crippen LogP contribution >= 0.6 is 0 Å². The molecule has 1 aromatic heterocycles. The van der Waals surface area contributed by atoms with Gasteiger partial charge in [0.1, 0.15) is 25.4 Å². The average molecular weight is 451 g/mol. The summed E-state index contributed by atoms with van der Waals surface area (Å²) in [6.07, 6.45) is 1.63. The van der Waals surface area contributed by atoms with E-state index < -0.39 is 0 Å². The van der Waals surface area contributed by atoms with Crippen molar-refractivity contribution >= 4 is 16.7 Å². The summed E-state index contributed by atoms with van der Waals surface area (Å²) >= 11 is 0. The predicted octanol–water partition coefficient (Wildman–Crippen LogP) is 2.76. The second-order valence-corrected chi connectivity index (χ2v) is 8.18. The second-order valence-electron chi connectivity index (χ2n) is 8.18. The molecule has 0 bridgehead atoms. The molecule has 8 heteroatoms. The number of hydrogen-bond donors (Lipinski definition) is 0. The summed E-state index contributed by atoms with van der Waals surface area (Å²) in [5.41, 5.74) is 2.19. The van der Waals surface area contributed by atoms with Crippen LogP contribution in [-0.2, 0) is 16.0 Å². The van der Waals surface area contributed by atoms with Crippen molar-refractivity contribution < 1.29 is 18.9 Å². The molecule has 1 saturated heterocycles. The normalized spacial score (nSPS) is 18.5. The number of benzene rings is 2. The predicted molar refractivity (Wildman–Crippen MR) is 126 cm³/mol. The van der Waals surface area contributed by atoms with Gasteiger partial charge in [-0.05, 0) is 11.6 Å². The Balaban J connectivity index is 1.33. The second kappa shape index (κ2) is 10.8. The fraction of sp³-hybridized carbons (Fsp3) is 0.440. The number of hydrogen-bond acceptors (Lipinski definition) is 8. The Kier molecular flexibility index (Phi) is 7.15. The van der Waals surface area contributed by atoms with Gasteiger partial charge in [-0.2, -0.15) is 0 Å². The van der Waals surface area contributed by atoms with Gasteiger partial charge in [0, 0.05) is 44.2 Å². The molecule has 3 heterocycles. The third-order valence-corrected chi connectivity index (χ3v) is 5.94. The van der Waals surface area contributed by atoms with Crippen molar-refractivity contribution in [1.82, 2.24) is 14.9 Å². The number of aromatic nitrogens is 2. The van der Waals surface area contributed by atoms with Crippen molar-refractivity contribution in [2.24, 2.45) is 0 Å². The molecule has 2 aliphatic rings. The van der Waals surface area contributed by atoms with Gasteiger partial charge in [-0.25, -0.2) is 9.97 Å². The number of ether oxygens (including phenoxy) is 4. The van der Waals surface area contributed by atoms with Crippen LogP contribution in [0.25, 0.3) is 10.9 Å². The molecule has 0 spiro atoms. The van der Waals surface area contributed by atoms with Crippen LogP contribution in [-0.4, -0.2) is 80.7 Å². The monoisotopic (exact) mass is 450 g/mol. The quantitative estimate of drug-likeness (QED) is 0.604. The summed E-state index contributed by atoms with van der Waals surface area (Å²) in [6, 6.07) is 14.6. The molecule has 0 N–H and O–H groups in total. The molecule has 0 amide bonds. The lowest BCUT2D eigenvalue weighted by Gasteiger charge is -2.35. The minimum Gasteiger partial charge on any atom is -0.487 e. The first kappa shape index (κ1) is 21.9. The van der Waals surface area contributed by atoms with Crippen molar-refractivity contribution in [3.05, 3.63) is 54.4 Å². The first-order valence-electron chi connectivity index (χ1n) is 11.6. The summed E-state index contributed by atoms with van der Waals surface area (Å²) in [5.74, 6) is 2.30. The van der Waals surface area contributed by atoms with E-state index in [9.17, 15) is 0 Å². The molecular formula is C25H30N4O4. The lowest BCUT2D eigenvalue weighted by Crippen LogP contribution is -2.46. The van der Waals surface area contributed by atoms with Gasteiger partial charge in [0.05, 0.1) is 31.9 Å². The highest BCUT2D eigenvalue weighted by Crippen LogP contribution is 2.35. The van der Waals surface area contributed by atoms with E-state index in [1.165, 1.54) is 5.56 Å². The van der Waals surface area contributed by atoms with E-state index in [0.29, 0.717) is 51.1 Å². The van der Waals surface area contributed by atoms with E-state index in [-0.39, 0.29) is 0 Å². The Morgan fingerprint density at radius 1 is 0.727 bits per heavy atom. The van der Waals surface area contributed by atoms with Crippen molar-refractivity contribution in [3.8, 4) is 11.5 Å². The van der Waals surface area contributed by atoms with Crippen LogP contribution in [0.1, 0.15) is 5.56 Å². The summed E-state index contributed by atoms with van der Waals surface area (Å²) in [6.45, 7) is 7.80. The minimum absolute atomic E-state index is 0.447. The van der Waals surface area contributed by atoms with E-state index >= 15 is 0 Å². The zero-order valence-electron chi connectivity index (χ0n) is 18.8. The highest BCUT2D eigenvalue weighted by Gasteiger charge is 2.21. The third kappa shape index (κ3) is 5.52. The molecule has 5 rings (SSSR count). The van der Waals surface area contributed by atoms with Gasteiger partial charge in [-0.3, -0.25) is 4.90 Å². The third-order valence-electron chi connectivity index (χ3n) is 5.94. The number of rotatable bonds is 3. The van der Waals surface area contributed by atoms with Crippen LogP contribution < -0.4 is 14.4 Å². The molecule has 8 nitrogen and oxygen atoms in total. The van der Waals surface area contributed by atoms with Gasteiger partial charge >= 0.3 is 0 Å². The van der Waals surface area contributed by atoms with Crippen LogP contribution in [0.3, 0.4) is 0 Å². The number of piperazine rings is 1. The summed E-state index contributed by atoms with van der Waals surface area (Å²) in [7, 11) is 0. The largest absolute Gasteiger partial charge is 0.487 e.